The van der Waals surface area contributed by atoms with E-state index in [0.717, 1.165) is 49.4 Å². The summed E-state index contributed by atoms with van der Waals surface area (Å²) in [6.45, 7) is 6.06. The van der Waals surface area contributed by atoms with E-state index in [1.54, 1.807) is 28.4 Å². The number of likely N-dealkylation sites (N-methyl/N-ethyl adjacent to an activating group) is 1. The first-order valence-electron chi connectivity index (χ1n) is 11.4. The molecule has 0 radical (unpaired) electrons. The van der Waals surface area contributed by atoms with Gasteiger partial charge in [-0.25, -0.2) is 0 Å². The lowest BCUT2D eigenvalue weighted by molar-refractivity contribution is 0.292. The Balaban J connectivity index is 2.02. The molecule has 2 aromatic carbocycles. The molecule has 0 aliphatic carbocycles. The Labute approximate surface area is 199 Å². The summed E-state index contributed by atoms with van der Waals surface area (Å²) >= 11 is 0. The Morgan fingerprint density at radius 1 is 0.848 bits per heavy atom. The van der Waals surface area contributed by atoms with Crippen LogP contribution in [0.2, 0.25) is 0 Å². The minimum atomic E-state index is -0.580. The molecule has 180 valence electrons. The number of ether oxygens (including phenoxy) is 4. The van der Waals surface area contributed by atoms with Gasteiger partial charge in [-0.3, -0.25) is 0 Å². The topological polar surface area (TPSA) is 64.0 Å². The van der Waals surface area contributed by atoms with Crippen LogP contribution in [0.25, 0.3) is 0 Å². The number of methoxy groups -OCH3 is 4. The molecule has 0 amide bonds. The first-order valence-corrected chi connectivity index (χ1v) is 11.4. The maximum absolute atomic E-state index is 10.2. The summed E-state index contributed by atoms with van der Waals surface area (Å²) in [5.41, 5.74) is 1.60. The highest BCUT2D eigenvalue weighted by Crippen LogP contribution is 2.40. The molecule has 0 heterocycles. The average Bonchev–Trinajstić information content (AvgIpc) is 2.84. The standard InChI is InChI=1S/C27H38N2O4/c1-20(2)27(19-28,22-10-12-24(31-5)26(18-22)33-7)14-8-15-29(3)16-13-21-9-11-23(30-4)25(17-21)32-6/h9-12,17-18,20H,8,13-16H2,1-7H3/t27-/m0/s1/i3-1. The van der Waals surface area contributed by atoms with E-state index in [1.165, 1.54) is 5.56 Å². The van der Waals surface area contributed by atoms with E-state index in [1.807, 2.05) is 30.3 Å². The second kappa shape index (κ2) is 12.4. The quantitative estimate of drug-likeness (QED) is 0.421. The van der Waals surface area contributed by atoms with E-state index in [-0.39, 0.29) is 5.92 Å². The molecule has 0 aliphatic rings. The van der Waals surface area contributed by atoms with E-state index in [9.17, 15) is 5.26 Å². The van der Waals surface area contributed by atoms with Gasteiger partial charge in [0.25, 0.3) is 0 Å². The van der Waals surface area contributed by atoms with Crippen LogP contribution in [0.5, 0.6) is 23.0 Å². The molecule has 6 nitrogen and oxygen atoms in total. The molecule has 0 spiro atoms. The van der Waals surface area contributed by atoms with Gasteiger partial charge in [-0.1, -0.05) is 26.0 Å². The highest BCUT2D eigenvalue weighted by Gasteiger charge is 2.36. The lowest BCUT2D eigenvalue weighted by Gasteiger charge is -2.32. The number of benzene rings is 2. The fraction of sp³-hybridized carbons (Fsp3) is 0.519. The largest absolute Gasteiger partial charge is 0.493 e. The Bertz CT molecular complexity index is 938. The van der Waals surface area contributed by atoms with Crippen LogP contribution in [-0.4, -0.2) is 53.5 Å². The second-order valence-electron chi connectivity index (χ2n) is 8.65. The number of nitrogens with zero attached hydrogens (tertiary/aromatic N) is 2. The molecule has 6 heteroatoms. The molecule has 2 rings (SSSR count). The van der Waals surface area contributed by atoms with Crippen LogP contribution in [-0.2, 0) is 11.8 Å². The Morgan fingerprint density at radius 3 is 1.97 bits per heavy atom. The lowest BCUT2D eigenvalue weighted by Crippen LogP contribution is -2.32. The van der Waals surface area contributed by atoms with Crippen molar-refractivity contribution in [3.63, 3.8) is 0 Å². The Kier molecular flexibility index (Phi) is 9.87. The van der Waals surface area contributed by atoms with Gasteiger partial charge in [0, 0.05) is 6.54 Å². The third-order valence-corrected chi connectivity index (χ3v) is 6.42. The van der Waals surface area contributed by atoms with Gasteiger partial charge in [-0.15, -0.1) is 0 Å². The van der Waals surface area contributed by atoms with Gasteiger partial charge in [0.15, 0.2) is 23.0 Å². The van der Waals surface area contributed by atoms with Crippen molar-refractivity contribution in [3.05, 3.63) is 47.5 Å². The summed E-state index contributed by atoms with van der Waals surface area (Å²) < 4.78 is 21.6. The maximum atomic E-state index is 10.2. The fourth-order valence-corrected chi connectivity index (χ4v) is 4.23. The van der Waals surface area contributed by atoms with Crippen molar-refractivity contribution in [1.29, 1.82) is 5.26 Å². The summed E-state index contributed by atoms with van der Waals surface area (Å²) in [6, 6.07) is 14.5. The van der Waals surface area contributed by atoms with Gasteiger partial charge in [-0.2, -0.15) is 5.26 Å². The van der Waals surface area contributed by atoms with Crippen LogP contribution < -0.4 is 18.9 Å². The van der Waals surface area contributed by atoms with Crippen LogP contribution in [0.4, 0.5) is 0 Å². The zero-order valence-corrected chi connectivity index (χ0v) is 21.1. The summed E-state index contributed by atoms with van der Waals surface area (Å²) in [5.74, 6) is 2.99. The average molecular weight is 454 g/mol. The molecule has 0 N–H and O–H groups in total. The summed E-state index contributed by atoms with van der Waals surface area (Å²) in [6.07, 6.45) is 2.61. The summed E-state index contributed by atoms with van der Waals surface area (Å²) in [4.78, 5) is 2.31. The second-order valence-corrected chi connectivity index (χ2v) is 8.65. The van der Waals surface area contributed by atoms with Crippen molar-refractivity contribution in [2.75, 3.05) is 48.6 Å². The molecule has 0 aromatic heterocycles. The van der Waals surface area contributed by atoms with Gasteiger partial charge < -0.3 is 23.8 Å². The molecular weight excluding hydrogens is 415 g/mol. The van der Waals surface area contributed by atoms with Crippen LogP contribution in [0, 0.1) is 17.2 Å². The lowest BCUT2D eigenvalue weighted by atomic mass is 9.69. The third kappa shape index (κ3) is 6.33. The molecule has 0 saturated carbocycles. The van der Waals surface area contributed by atoms with Gasteiger partial charge >= 0.3 is 0 Å². The highest BCUT2D eigenvalue weighted by atomic mass is 16.5. The summed E-state index contributed by atoms with van der Waals surface area (Å²) in [7, 11) is 8.67. The van der Waals surface area contributed by atoms with E-state index < -0.39 is 5.41 Å². The van der Waals surface area contributed by atoms with Gasteiger partial charge in [-0.05, 0) is 74.2 Å². The minimum absolute atomic E-state index is 0.165. The maximum Gasteiger partial charge on any atom is 0.161 e. The Morgan fingerprint density at radius 2 is 1.42 bits per heavy atom. The van der Waals surface area contributed by atoms with Crippen LogP contribution in [0.1, 0.15) is 37.8 Å². The Hall–Kier alpha value is -2.91. The van der Waals surface area contributed by atoms with E-state index in [4.69, 9.17) is 18.9 Å². The predicted molar refractivity (Wildman–Crippen MR) is 132 cm³/mol. The third-order valence-electron chi connectivity index (χ3n) is 6.42. The molecule has 0 fully saturated rings. The van der Waals surface area contributed by atoms with Crippen molar-refractivity contribution in [2.24, 2.45) is 5.92 Å². The molecule has 0 aliphatic heterocycles. The molecule has 1 atom stereocenters. The zero-order chi connectivity index (χ0) is 24.4. The first kappa shape index (κ1) is 26.3. The van der Waals surface area contributed by atoms with Gasteiger partial charge in [0.05, 0.1) is 39.9 Å². The van der Waals surface area contributed by atoms with Crippen molar-refractivity contribution >= 4 is 0 Å². The molecule has 0 bridgehead atoms. The van der Waals surface area contributed by atoms with E-state index in [0.29, 0.717) is 11.5 Å². The molecule has 0 unspecified atom stereocenters. The smallest absolute Gasteiger partial charge is 0.161 e. The number of rotatable bonds is 13. The van der Waals surface area contributed by atoms with Crippen molar-refractivity contribution in [2.45, 2.75) is 38.5 Å². The van der Waals surface area contributed by atoms with E-state index >= 15 is 0 Å². The number of nitriles is 1. The molecule has 33 heavy (non-hydrogen) atoms. The summed E-state index contributed by atoms with van der Waals surface area (Å²) in [5, 5.41) is 10.2. The van der Waals surface area contributed by atoms with Crippen molar-refractivity contribution in [3.8, 4) is 29.1 Å². The first-order chi connectivity index (χ1) is 15.8. The van der Waals surface area contributed by atoms with Gasteiger partial charge in [0.1, 0.15) is 0 Å². The van der Waals surface area contributed by atoms with Crippen LogP contribution in [0.3, 0.4) is 0 Å². The number of hydrogen-bond acceptors (Lipinski definition) is 6. The zero-order valence-electron chi connectivity index (χ0n) is 21.1. The predicted octanol–water partition coefficient (Wildman–Crippen LogP) is 5.09. The highest BCUT2D eigenvalue weighted by molar-refractivity contribution is 5.47. The van der Waals surface area contributed by atoms with Crippen molar-refractivity contribution < 1.29 is 18.9 Å². The molecule has 2 aromatic rings. The fourth-order valence-electron chi connectivity index (χ4n) is 4.23. The van der Waals surface area contributed by atoms with Gasteiger partial charge in [0.2, 0.25) is 0 Å². The van der Waals surface area contributed by atoms with Crippen LogP contribution in [0.15, 0.2) is 36.4 Å². The van der Waals surface area contributed by atoms with Crippen LogP contribution >= 0.6 is 0 Å². The SMILES string of the molecule is COc1ccc(CCN([11CH3])CCC[C@@](C#N)(c2ccc(OC)c(OC)c2)C(C)C)cc1OC. The number of hydrogen-bond donors (Lipinski definition) is 0. The van der Waals surface area contributed by atoms with E-state index in [2.05, 4.69) is 37.9 Å². The monoisotopic (exact) mass is 453 g/mol. The normalized spacial score (nSPS) is 12.8. The van der Waals surface area contributed by atoms with Crippen molar-refractivity contribution in [1.82, 2.24) is 4.90 Å². The molecular formula is C27H38N2O4. The molecule has 0 saturated heterocycles. The minimum Gasteiger partial charge on any atom is -0.493 e.